The number of sulfonamides is 1. The summed E-state index contributed by atoms with van der Waals surface area (Å²) in [5.74, 6) is -0.137. The van der Waals surface area contributed by atoms with E-state index in [-0.39, 0.29) is 18.1 Å². The first-order valence-electron chi connectivity index (χ1n) is 5.65. The zero-order valence-corrected chi connectivity index (χ0v) is 11.2. The Balaban J connectivity index is 2.66. The molecule has 0 spiro atoms. The third kappa shape index (κ3) is 4.42. The van der Waals surface area contributed by atoms with E-state index in [1.807, 2.05) is 0 Å². The van der Waals surface area contributed by atoms with Gasteiger partial charge in [0.25, 0.3) is 0 Å². The lowest BCUT2D eigenvalue weighted by Gasteiger charge is -2.19. The molecule has 0 unspecified atom stereocenters. The number of aromatic nitrogens is 1. The standard InChI is InChI=1S/C11H18N4O2S/c1-2-15(9-11(12)13)18(16,17)8-5-10-3-6-14-7-4-10/h3-4,6-7H,2,5,8-9H2,1H3,(H3,12,13). The lowest BCUT2D eigenvalue weighted by Crippen LogP contribution is -2.39. The second-order valence-electron chi connectivity index (χ2n) is 3.87. The highest BCUT2D eigenvalue weighted by atomic mass is 32.2. The normalized spacial score (nSPS) is 11.7. The van der Waals surface area contributed by atoms with Crippen LogP contribution < -0.4 is 5.73 Å². The number of rotatable bonds is 7. The van der Waals surface area contributed by atoms with Gasteiger partial charge in [-0.25, -0.2) is 8.42 Å². The van der Waals surface area contributed by atoms with Crippen LogP contribution in [0.3, 0.4) is 0 Å². The molecule has 0 aliphatic rings. The fourth-order valence-electron chi connectivity index (χ4n) is 1.52. The highest BCUT2D eigenvalue weighted by Crippen LogP contribution is 2.05. The fourth-order valence-corrected chi connectivity index (χ4v) is 3.00. The molecule has 0 amide bonds. The van der Waals surface area contributed by atoms with Gasteiger partial charge in [-0.3, -0.25) is 10.4 Å². The number of amidine groups is 1. The molecule has 0 bridgehead atoms. The Morgan fingerprint density at radius 3 is 2.56 bits per heavy atom. The second-order valence-corrected chi connectivity index (χ2v) is 5.96. The molecule has 6 nitrogen and oxygen atoms in total. The molecule has 0 radical (unpaired) electrons. The Kier molecular flexibility index (Phi) is 5.24. The molecule has 1 heterocycles. The van der Waals surface area contributed by atoms with Crippen molar-refractivity contribution in [1.82, 2.24) is 9.29 Å². The summed E-state index contributed by atoms with van der Waals surface area (Å²) in [6, 6.07) is 3.58. The molecule has 7 heteroatoms. The Morgan fingerprint density at radius 1 is 1.44 bits per heavy atom. The van der Waals surface area contributed by atoms with Crippen molar-refractivity contribution in [3.63, 3.8) is 0 Å². The van der Waals surface area contributed by atoms with E-state index in [2.05, 4.69) is 4.98 Å². The SMILES string of the molecule is CCN(CC(=N)N)S(=O)(=O)CCc1ccncc1. The van der Waals surface area contributed by atoms with Gasteiger partial charge in [0.2, 0.25) is 10.0 Å². The lowest BCUT2D eigenvalue weighted by molar-refractivity contribution is 0.465. The van der Waals surface area contributed by atoms with E-state index in [0.717, 1.165) is 5.56 Å². The predicted molar refractivity (Wildman–Crippen MR) is 70.9 cm³/mol. The molecule has 3 N–H and O–H groups in total. The number of nitrogens with one attached hydrogen (secondary N) is 1. The smallest absolute Gasteiger partial charge is 0.214 e. The van der Waals surface area contributed by atoms with Crippen LogP contribution in [-0.2, 0) is 16.4 Å². The summed E-state index contributed by atoms with van der Waals surface area (Å²) in [7, 11) is -3.37. The van der Waals surface area contributed by atoms with Crippen molar-refractivity contribution in [3.05, 3.63) is 30.1 Å². The van der Waals surface area contributed by atoms with Crippen LogP contribution >= 0.6 is 0 Å². The zero-order chi connectivity index (χ0) is 13.6. The van der Waals surface area contributed by atoms with E-state index in [1.54, 1.807) is 31.5 Å². The van der Waals surface area contributed by atoms with Crippen LogP contribution in [0.2, 0.25) is 0 Å². The van der Waals surface area contributed by atoms with E-state index in [9.17, 15) is 8.42 Å². The molecule has 0 aliphatic heterocycles. The summed E-state index contributed by atoms with van der Waals surface area (Å²) in [5.41, 5.74) is 6.17. The molecule has 0 fully saturated rings. The number of nitrogens with zero attached hydrogens (tertiary/aromatic N) is 2. The van der Waals surface area contributed by atoms with Gasteiger partial charge in [-0.1, -0.05) is 6.92 Å². The van der Waals surface area contributed by atoms with Crippen molar-refractivity contribution in [2.75, 3.05) is 18.8 Å². The van der Waals surface area contributed by atoms with Crippen LogP contribution in [0, 0.1) is 5.41 Å². The van der Waals surface area contributed by atoms with Crippen molar-refractivity contribution in [3.8, 4) is 0 Å². The number of likely N-dealkylation sites (N-methyl/N-ethyl adjacent to an activating group) is 1. The minimum absolute atomic E-state index is 0.0120. The summed E-state index contributed by atoms with van der Waals surface area (Å²) in [4.78, 5) is 3.88. The Bertz CT molecular complexity index is 487. The first-order valence-corrected chi connectivity index (χ1v) is 7.26. The number of pyridine rings is 1. The maximum Gasteiger partial charge on any atom is 0.214 e. The summed E-state index contributed by atoms with van der Waals surface area (Å²) in [6.45, 7) is 2.00. The predicted octanol–water partition coefficient (Wildman–Crippen LogP) is 0.212. The Morgan fingerprint density at radius 2 is 2.06 bits per heavy atom. The van der Waals surface area contributed by atoms with Crippen LogP contribution in [0.25, 0.3) is 0 Å². The molecule has 0 aliphatic carbocycles. The van der Waals surface area contributed by atoms with Crippen LogP contribution in [0.15, 0.2) is 24.5 Å². The third-order valence-corrected chi connectivity index (χ3v) is 4.38. The summed E-state index contributed by atoms with van der Waals surface area (Å²) >= 11 is 0. The van der Waals surface area contributed by atoms with Gasteiger partial charge in [0, 0.05) is 18.9 Å². The highest BCUT2D eigenvalue weighted by Gasteiger charge is 2.20. The topological polar surface area (TPSA) is 100 Å². The van der Waals surface area contributed by atoms with Crippen LogP contribution in [0.4, 0.5) is 0 Å². The molecule has 1 rings (SSSR count). The first kappa shape index (κ1) is 14.6. The molecule has 18 heavy (non-hydrogen) atoms. The molecule has 0 saturated carbocycles. The number of hydrogen-bond acceptors (Lipinski definition) is 4. The maximum atomic E-state index is 12.0. The van der Waals surface area contributed by atoms with Gasteiger partial charge in [0.05, 0.1) is 12.3 Å². The summed E-state index contributed by atoms with van der Waals surface area (Å²) in [6.07, 6.45) is 3.70. The molecule has 1 aromatic rings. The Hall–Kier alpha value is -1.47. The van der Waals surface area contributed by atoms with E-state index < -0.39 is 10.0 Å². The van der Waals surface area contributed by atoms with Crippen molar-refractivity contribution in [1.29, 1.82) is 5.41 Å². The molecule has 100 valence electrons. The maximum absolute atomic E-state index is 12.0. The zero-order valence-electron chi connectivity index (χ0n) is 10.3. The minimum atomic E-state index is -3.37. The largest absolute Gasteiger partial charge is 0.387 e. The van der Waals surface area contributed by atoms with Crippen LogP contribution in [0.1, 0.15) is 12.5 Å². The molecular weight excluding hydrogens is 252 g/mol. The highest BCUT2D eigenvalue weighted by molar-refractivity contribution is 7.89. The monoisotopic (exact) mass is 270 g/mol. The second kappa shape index (κ2) is 6.46. The summed E-state index contributed by atoms with van der Waals surface area (Å²) < 4.78 is 25.3. The van der Waals surface area contributed by atoms with Crippen molar-refractivity contribution >= 4 is 15.9 Å². The average Bonchev–Trinajstić information content (AvgIpc) is 2.34. The molecule has 1 aromatic heterocycles. The molecule has 0 saturated heterocycles. The molecular formula is C11H18N4O2S. The van der Waals surface area contributed by atoms with Crippen molar-refractivity contribution in [2.45, 2.75) is 13.3 Å². The van der Waals surface area contributed by atoms with Gasteiger partial charge < -0.3 is 5.73 Å². The fraction of sp³-hybridized carbons (Fsp3) is 0.455. The third-order valence-electron chi connectivity index (χ3n) is 2.49. The minimum Gasteiger partial charge on any atom is -0.387 e. The van der Waals surface area contributed by atoms with Gasteiger partial charge in [0.1, 0.15) is 5.84 Å². The van der Waals surface area contributed by atoms with Crippen LogP contribution in [0.5, 0.6) is 0 Å². The van der Waals surface area contributed by atoms with Gasteiger partial charge >= 0.3 is 0 Å². The lowest BCUT2D eigenvalue weighted by atomic mass is 10.2. The van der Waals surface area contributed by atoms with Crippen LogP contribution in [-0.4, -0.2) is 42.4 Å². The molecule has 0 aromatic carbocycles. The van der Waals surface area contributed by atoms with Gasteiger partial charge in [-0.05, 0) is 24.1 Å². The van der Waals surface area contributed by atoms with Gasteiger partial charge in [-0.2, -0.15) is 4.31 Å². The number of nitrogens with two attached hydrogens (primary N) is 1. The first-order chi connectivity index (χ1) is 8.45. The van der Waals surface area contributed by atoms with Crippen molar-refractivity contribution < 1.29 is 8.42 Å². The van der Waals surface area contributed by atoms with E-state index in [4.69, 9.17) is 11.1 Å². The van der Waals surface area contributed by atoms with E-state index in [0.29, 0.717) is 13.0 Å². The van der Waals surface area contributed by atoms with E-state index >= 15 is 0 Å². The van der Waals surface area contributed by atoms with Gasteiger partial charge in [0.15, 0.2) is 0 Å². The van der Waals surface area contributed by atoms with Crippen molar-refractivity contribution in [2.24, 2.45) is 5.73 Å². The Labute approximate surface area is 107 Å². The number of aryl methyl sites for hydroxylation is 1. The average molecular weight is 270 g/mol. The van der Waals surface area contributed by atoms with E-state index in [1.165, 1.54) is 4.31 Å². The molecule has 0 atom stereocenters. The summed E-state index contributed by atoms with van der Waals surface area (Å²) in [5, 5.41) is 7.17. The van der Waals surface area contributed by atoms with Gasteiger partial charge in [-0.15, -0.1) is 0 Å². The quantitative estimate of drug-likeness (QED) is 0.546. The number of hydrogen-bond donors (Lipinski definition) is 2.